The fourth-order valence-electron chi connectivity index (χ4n) is 1.05. The lowest BCUT2D eigenvalue weighted by Gasteiger charge is -2.08. The van der Waals surface area contributed by atoms with Gasteiger partial charge in [-0.3, -0.25) is 0 Å². The normalized spacial score (nSPS) is 11.4. The van der Waals surface area contributed by atoms with Gasteiger partial charge in [0.05, 0.1) is 5.56 Å². The zero-order valence-corrected chi connectivity index (χ0v) is 7.45. The molecule has 0 aliphatic rings. The van der Waals surface area contributed by atoms with E-state index in [4.69, 9.17) is 0 Å². The number of hydrogen-bond donors (Lipinski definition) is 0. The molecule has 1 aromatic rings. The molecule has 0 saturated carbocycles. The zero-order chi connectivity index (χ0) is 11.3. The predicted octanol–water partition coefficient (Wildman–Crippen LogP) is 3.01. The van der Waals surface area contributed by atoms with Crippen LogP contribution in [0.3, 0.4) is 0 Å². The minimum atomic E-state index is -4.41. The first-order valence-corrected chi connectivity index (χ1v) is 3.95. The number of benzene rings is 1. The van der Waals surface area contributed by atoms with E-state index in [1.165, 1.54) is 24.3 Å². The van der Waals surface area contributed by atoms with E-state index in [0.717, 1.165) is 18.3 Å². The van der Waals surface area contributed by atoms with Crippen molar-refractivity contribution in [1.29, 1.82) is 0 Å². The first-order valence-electron chi connectivity index (χ1n) is 3.95. The van der Waals surface area contributed by atoms with Crippen LogP contribution in [0.25, 0.3) is 6.08 Å². The van der Waals surface area contributed by atoms with Gasteiger partial charge in [0.15, 0.2) is 0 Å². The summed E-state index contributed by atoms with van der Waals surface area (Å²) in [5.41, 5.74) is -0.800. The van der Waals surface area contributed by atoms with Crippen molar-refractivity contribution in [2.75, 3.05) is 0 Å². The second-order valence-electron chi connectivity index (χ2n) is 2.62. The molecule has 0 unspecified atom stereocenters. The monoisotopic (exact) mass is 213 g/mol. The summed E-state index contributed by atoms with van der Waals surface area (Å²) in [6.07, 6.45) is -1.13. The summed E-state index contributed by atoms with van der Waals surface area (Å²) >= 11 is 0. The number of hydrogen-bond acceptors (Lipinski definition) is 2. The molecule has 0 aliphatic heterocycles. The van der Waals surface area contributed by atoms with E-state index in [1.54, 1.807) is 0 Å². The molecule has 0 spiro atoms. The molecule has 5 heteroatoms. The van der Waals surface area contributed by atoms with Gasteiger partial charge >= 0.3 is 6.18 Å². The molecule has 0 radical (unpaired) electrons. The van der Waals surface area contributed by atoms with Crippen molar-refractivity contribution < 1.29 is 18.0 Å². The third-order valence-corrected chi connectivity index (χ3v) is 1.65. The van der Waals surface area contributed by atoms with Crippen molar-refractivity contribution in [2.45, 2.75) is 6.18 Å². The number of isocyanates is 1. The van der Waals surface area contributed by atoms with Crippen LogP contribution >= 0.6 is 0 Å². The van der Waals surface area contributed by atoms with E-state index in [-0.39, 0.29) is 5.56 Å². The summed E-state index contributed by atoms with van der Waals surface area (Å²) in [7, 11) is 0. The molecule has 0 fully saturated rings. The van der Waals surface area contributed by atoms with Gasteiger partial charge in [-0.25, -0.2) is 4.79 Å². The van der Waals surface area contributed by atoms with Crippen LogP contribution in [0.15, 0.2) is 35.5 Å². The Bertz CT molecular complexity index is 417. The molecule has 0 heterocycles. The highest BCUT2D eigenvalue weighted by molar-refractivity contribution is 5.55. The van der Waals surface area contributed by atoms with E-state index >= 15 is 0 Å². The molecule has 0 atom stereocenters. The Labute approximate surface area is 83.8 Å². The van der Waals surface area contributed by atoms with Gasteiger partial charge in [0.25, 0.3) is 0 Å². The lowest BCUT2D eigenvalue weighted by molar-refractivity contribution is -0.137. The third-order valence-electron chi connectivity index (χ3n) is 1.65. The van der Waals surface area contributed by atoms with E-state index in [0.29, 0.717) is 0 Å². The van der Waals surface area contributed by atoms with Gasteiger partial charge in [-0.1, -0.05) is 18.2 Å². The quantitative estimate of drug-likeness (QED) is 0.548. The van der Waals surface area contributed by atoms with Crippen molar-refractivity contribution in [3.8, 4) is 0 Å². The summed E-state index contributed by atoms with van der Waals surface area (Å²) in [4.78, 5) is 12.7. The predicted molar refractivity (Wildman–Crippen MR) is 48.6 cm³/mol. The molecule has 0 aliphatic carbocycles. The lowest BCUT2D eigenvalue weighted by Crippen LogP contribution is -2.06. The highest BCUT2D eigenvalue weighted by Crippen LogP contribution is 2.32. The maximum atomic E-state index is 12.4. The largest absolute Gasteiger partial charge is 0.416 e. The van der Waals surface area contributed by atoms with Crippen molar-refractivity contribution in [3.63, 3.8) is 0 Å². The Hall–Kier alpha value is -1.87. The SMILES string of the molecule is O=C=N/C=C\c1ccccc1C(F)(F)F. The van der Waals surface area contributed by atoms with Gasteiger partial charge in [-0.15, -0.1) is 0 Å². The first-order chi connectivity index (χ1) is 7.05. The topological polar surface area (TPSA) is 29.4 Å². The van der Waals surface area contributed by atoms with E-state index in [2.05, 4.69) is 4.99 Å². The van der Waals surface area contributed by atoms with Crippen LogP contribution in [-0.2, 0) is 11.0 Å². The Balaban J connectivity index is 3.12. The Morgan fingerprint density at radius 3 is 2.53 bits per heavy atom. The highest BCUT2D eigenvalue weighted by atomic mass is 19.4. The van der Waals surface area contributed by atoms with Crippen LogP contribution in [0.4, 0.5) is 13.2 Å². The number of aliphatic imine (C=N–C) groups is 1. The maximum absolute atomic E-state index is 12.4. The molecule has 78 valence electrons. The van der Waals surface area contributed by atoms with Crippen LogP contribution in [-0.4, -0.2) is 6.08 Å². The second-order valence-corrected chi connectivity index (χ2v) is 2.62. The molecule has 0 amide bonds. The number of rotatable bonds is 2. The van der Waals surface area contributed by atoms with E-state index < -0.39 is 11.7 Å². The molecule has 2 nitrogen and oxygen atoms in total. The molecule has 1 aromatic carbocycles. The van der Waals surface area contributed by atoms with Crippen molar-refractivity contribution >= 4 is 12.2 Å². The minimum Gasteiger partial charge on any atom is -0.211 e. The van der Waals surface area contributed by atoms with Crippen molar-refractivity contribution in [2.24, 2.45) is 4.99 Å². The van der Waals surface area contributed by atoms with E-state index in [9.17, 15) is 18.0 Å². The highest BCUT2D eigenvalue weighted by Gasteiger charge is 2.32. The van der Waals surface area contributed by atoms with Crippen LogP contribution in [0.2, 0.25) is 0 Å². The maximum Gasteiger partial charge on any atom is 0.416 e. The smallest absolute Gasteiger partial charge is 0.211 e. The van der Waals surface area contributed by atoms with Gasteiger partial charge in [-0.05, 0) is 17.7 Å². The summed E-state index contributed by atoms with van der Waals surface area (Å²) in [5, 5.41) is 0. The molecule has 1 rings (SSSR count). The number of alkyl halides is 3. The number of nitrogens with zero attached hydrogens (tertiary/aromatic N) is 1. The molecule has 0 saturated heterocycles. The van der Waals surface area contributed by atoms with E-state index in [1.807, 2.05) is 0 Å². The first kappa shape index (κ1) is 11.2. The molecular formula is C10H6F3NO. The van der Waals surface area contributed by atoms with Gasteiger partial charge in [0.1, 0.15) is 0 Å². The zero-order valence-electron chi connectivity index (χ0n) is 7.45. The van der Waals surface area contributed by atoms with Crippen LogP contribution < -0.4 is 0 Å². The van der Waals surface area contributed by atoms with Gasteiger partial charge < -0.3 is 0 Å². The fraction of sp³-hybridized carbons (Fsp3) is 0.100. The van der Waals surface area contributed by atoms with Gasteiger partial charge in [0, 0.05) is 6.20 Å². The summed E-state index contributed by atoms with van der Waals surface area (Å²) in [6.45, 7) is 0. The molecule has 15 heavy (non-hydrogen) atoms. The molecule has 0 aromatic heterocycles. The van der Waals surface area contributed by atoms with Crippen LogP contribution in [0.5, 0.6) is 0 Å². The van der Waals surface area contributed by atoms with Crippen molar-refractivity contribution in [1.82, 2.24) is 0 Å². The summed E-state index contributed by atoms with van der Waals surface area (Å²) in [6, 6.07) is 5.02. The lowest BCUT2D eigenvalue weighted by atomic mass is 10.1. The Morgan fingerprint density at radius 2 is 1.93 bits per heavy atom. The number of halogens is 3. The van der Waals surface area contributed by atoms with Crippen LogP contribution in [0, 0.1) is 0 Å². The third kappa shape index (κ3) is 3.07. The standard InChI is InChI=1S/C10H6F3NO/c11-10(12,13)9-4-2-1-3-8(9)5-6-14-7-15/h1-6H/b6-5-. The Morgan fingerprint density at radius 1 is 1.27 bits per heavy atom. The molecule has 0 bridgehead atoms. The minimum absolute atomic E-state index is 0.0380. The van der Waals surface area contributed by atoms with Crippen LogP contribution in [0.1, 0.15) is 11.1 Å². The molecular weight excluding hydrogens is 207 g/mol. The second kappa shape index (κ2) is 4.57. The average molecular weight is 213 g/mol. The average Bonchev–Trinajstić information content (AvgIpc) is 2.17. The van der Waals surface area contributed by atoms with Gasteiger partial charge in [-0.2, -0.15) is 18.2 Å². The summed E-state index contributed by atoms with van der Waals surface area (Å²) in [5.74, 6) is 0. The number of carbonyl (C=O) groups excluding carboxylic acids is 1. The van der Waals surface area contributed by atoms with Crippen molar-refractivity contribution in [3.05, 3.63) is 41.6 Å². The van der Waals surface area contributed by atoms with Gasteiger partial charge in [0.2, 0.25) is 6.08 Å². The molecule has 0 N–H and O–H groups in total. The Kier molecular flexibility index (Phi) is 3.42. The summed E-state index contributed by atoms with van der Waals surface area (Å²) < 4.78 is 37.2. The fourth-order valence-corrected chi connectivity index (χ4v) is 1.05.